The Balaban J connectivity index is 0.00000144. The molecular weight excluding hydrogens is 261 g/mol. The summed E-state index contributed by atoms with van der Waals surface area (Å²) in [5.41, 5.74) is 0.969. The molecule has 80 valence electrons. The van der Waals surface area contributed by atoms with Gasteiger partial charge in [0.15, 0.2) is 5.11 Å². The molecule has 0 aromatic heterocycles. The molecule has 6 heteroatoms. The Bertz CT molecular complexity index is 495. The van der Waals surface area contributed by atoms with Crippen LogP contribution >= 0.6 is 12.2 Å². The van der Waals surface area contributed by atoms with Gasteiger partial charge in [0.25, 0.3) is 0 Å². The minimum absolute atomic E-state index is 0. The van der Waals surface area contributed by atoms with Crippen LogP contribution in [0.4, 0.5) is 0 Å². The summed E-state index contributed by atoms with van der Waals surface area (Å²) in [6.07, 6.45) is 0. The maximum absolute atomic E-state index is 11.5. The van der Waals surface area contributed by atoms with Crippen LogP contribution in [0.3, 0.4) is 0 Å². The van der Waals surface area contributed by atoms with Crippen LogP contribution in [0.2, 0.25) is 0 Å². The minimum Gasteiger partial charge on any atom is -0.859 e. The molecule has 0 spiro atoms. The summed E-state index contributed by atoms with van der Waals surface area (Å²) in [4.78, 5) is 0. The molecule has 1 aliphatic heterocycles. The van der Waals surface area contributed by atoms with Gasteiger partial charge in [0.05, 0.1) is 17.7 Å². The van der Waals surface area contributed by atoms with Crippen molar-refractivity contribution in [3.05, 3.63) is 47.4 Å². The van der Waals surface area contributed by atoms with Gasteiger partial charge in [-0.2, -0.15) is 5.26 Å². The molecule has 1 aliphatic rings. The average molecular weight is 269 g/mol. The Kier molecular flexibility index (Phi) is 5.59. The van der Waals surface area contributed by atoms with E-state index in [0.717, 1.165) is 5.56 Å². The quantitative estimate of drug-likeness (QED) is 0.429. The fourth-order valence-electron chi connectivity index (χ4n) is 1.55. The third-order valence-electron chi connectivity index (χ3n) is 2.29. The van der Waals surface area contributed by atoms with Crippen LogP contribution < -0.4 is 67.1 Å². The second-order valence-electron chi connectivity index (χ2n) is 3.30. The van der Waals surface area contributed by atoms with Crippen molar-refractivity contribution in [2.75, 3.05) is 0 Å². The summed E-state index contributed by atoms with van der Waals surface area (Å²) in [6.45, 7) is 0. The molecule has 0 bridgehead atoms. The molecule has 0 saturated carbocycles. The first-order valence-corrected chi connectivity index (χ1v) is 5.07. The van der Waals surface area contributed by atoms with Crippen molar-refractivity contribution in [2.24, 2.45) is 0 Å². The number of rotatable bonds is 1. The molecule has 1 atom stereocenters. The van der Waals surface area contributed by atoms with Gasteiger partial charge in [-0.05, 0) is 23.7 Å². The zero-order valence-electron chi connectivity index (χ0n) is 9.23. The Hall–Kier alpha value is -0.424. The SMILES string of the molecule is N#CC1=C([O-])NC(=S)NC1c1ccccc1.[K+]. The van der Waals surface area contributed by atoms with Gasteiger partial charge in [-0.25, -0.2) is 0 Å². The van der Waals surface area contributed by atoms with Crippen molar-refractivity contribution in [3.63, 3.8) is 0 Å². The maximum Gasteiger partial charge on any atom is 1.00 e. The zero-order chi connectivity index (χ0) is 11.5. The summed E-state index contributed by atoms with van der Waals surface area (Å²) >= 11 is 4.89. The molecule has 4 nitrogen and oxygen atoms in total. The summed E-state index contributed by atoms with van der Waals surface area (Å²) in [6, 6.07) is 10.7. The van der Waals surface area contributed by atoms with Crippen molar-refractivity contribution in [1.82, 2.24) is 10.6 Å². The molecule has 1 aromatic rings. The monoisotopic (exact) mass is 269 g/mol. The van der Waals surface area contributed by atoms with Gasteiger partial charge in [-0.1, -0.05) is 30.3 Å². The molecule has 1 aromatic carbocycles. The number of benzene rings is 1. The molecule has 2 rings (SSSR count). The molecule has 17 heavy (non-hydrogen) atoms. The first-order valence-electron chi connectivity index (χ1n) is 4.66. The first kappa shape index (κ1) is 14.6. The summed E-state index contributed by atoms with van der Waals surface area (Å²) in [7, 11) is 0. The van der Waals surface area contributed by atoms with E-state index < -0.39 is 11.9 Å². The van der Waals surface area contributed by atoms with Gasteiger partial charge in [0, 0.05) is 0 Å². The van der Waals surface area contributed by atoms with E-state index >= 15 is 0 Å². The fraction of sp³-hybridized carbons (Fsp3) is 0.0909. The van der Waals surface area contributed by atoms with Crippen LogP contribution in [0, 0.1) is 11.3 Å². The number of nitrogens with one attached hydrogen (secondary N) is 2. The molecule has 0 radical (unpaired) electrons. The van der Waals surface area contributed by atoms with Gasteiger partial charge in [0.1, 0.15) is 0 Å². The largest absolute Gasteiger partial charge is 1.00 e. The summed E-state index contributed by atoms with van der Waals surface area (Å²) in [5, 5.41) is 26.0. The second kappa shape index (κ2) is 6.49. The molecule has 0 fully saturated rings. The van der Waals surface area contributed by atoms with E-state index in [9.17, 15) is 5.11 Å². The molecule has 0 saturated heterocycles. The molecule has 1 heterocycles. The third kappa shape index (κ3) is 3.28. The van der Waals surface area contributed by atoms with Crippen molar-refractivity contribution in [3.8, 4) is 6.07 Å². The topological polar surface area (TPSA) is 70.9 Å². The molecule has 1 unspecified atom stereocenters. The van der Waals surface area contributed by atoms with Crippen molar-refractivity contribution >= 4 is 17.3 Å². The average Bonchev–Trinajstić information content (AvgIpc) is 2.29. The molecule has 0 aliphatic carbocycles. The molecular formula is C11H8KN3OS. The fourth-order valence-corrected chi connectivity index (χ4v) is 1.76. The van der Waals surface area contributed by atoms with E-state index in [2.05, 4.69) is 10.6 Å². The Labute approximate surface area is 147 Å². The second-order valence-corrected chi connectivity index (χ2v) is 3.71. The zero-order valence-corrected chi connectivity index (χ0v) is 13.2. The van der Waals surface area contributed by atoms with E-state index in [1.807, 2.05) is 36.4 Å². The maximum atomic E-state index is 11.5. The number of nitrogens with zero attached hydrogens (tertiary/aromatic N) is 1. The van der Waals surface area contributed by atoms with E-state index in [0.29, 0.717) is 0 Å². The van der Waals surface area contributed by atoms with Gasteiger partial charge in [-0.15, -0.1) is 0 Å². The first-order chi connectivity index (χ1) is 7.72. The van der Waals surface area contributed by atoms with E-state index in [1.54, 1.807) is 0 Å². The Morgan fingerprint density at radius 2 is 1.94 bits per heavy atom. The van der Waals surface area contributed by atoms with Crippen LogP contribution in [0.5, 0.6) is 0 Å². The molecule has 2 N–H and O–H groups in total. The van der Waals surface area contributed by atoms with E-state index in [4.69, 9.17) is 17.5 Å². The van der Waals surface area contributed by atoms with Crippen molar-refractivity contribution in [2.45, 2.75) is 6.04 Å². The predicted octanol–water partition coefficient (Wildman–Crippen LogP) is -2.70. The van der Waals surface area contributed by atoms with Gasteiger partial charge in [-0.3, -0.25) is 0 Å². The number of thiocarbonyl (C=S) groups is 1. The van der Waals surface area contributed by atoms with Gasteiger partial charge < -0.3 is 15.7 Å². The van der Waals surface area contributed by atoms with E-state index in [-0.39, 0.29) is 62.1 Å². The number of hydrogen-bond acceptors (Lipinski definition) is 3. The molecule has 0 amide bonds. The summed E-state index contributed by atoms with van der Waals surface area (Å²) in [5.74, 6) is -0.430. The van der Waals surface area contributed by atoms with Crippen LogP contribution in [0.25, 0.3) is 0 Å². The predicted molar refractivity (Wildman–Crippen MR) is 60.7 cm³/mol. The van der Waals surface area contributed by atoms with Crippen molar-refractivity contribution < 1.29 is 56.5 Å². The van der Waals surface area contributed by atoms with E-state index in [1.165, 1.54) is 0 Å². The Morgan fingerprint density at radius 1 is 1.29 bits per heavy atom. The van der Waals surface area contributed by atoms with Crippen LogP contribution in [0.15, 0.2) is 41.8 Å². The minimum atomic E-state index is -0.451. The third-order valence-corrected chi connectivity index (χ3v) is 2.51. The summed E-state index contributed by atoms with van der Waals surface area (Å²) < 4.78 is 0. The standard InChI is InChI=1S/C11H9N3OS.K/c12-6-8-9(7-4-2-1-3-5-7)13-11(16)14-10(8)15;/h1-5,9,15H,(H2,13,14,16);/q;+1/p-1. The van der Waals surface area contributed by atoms with Gasteiger partial charge >= 0.3 is 51.4 Å². The van der Waals surface area contributed by atoms with Crippen LogP contribution in [-0.4, -0.2) is 5.11 Å². The number of hydrogen-bond donors (Lipinski definition) is 2. The Morgan fingerprint density at radius 3 is 2.53 bits per heavy atom. The van der Waals surface area contributed by atoms with Crippen LogP contribution in [0.1, 0.15) is 11.6 Å². The normalized spacial score (nSPS) is 18.5. The smallest absolute Gasteiger partial charge is 0.859 e. The van der Waals surface area contributed by atoms with Gasteiger partial charge in [0.2, 0.25) is 0 Å². The van der Waals surface area contributed by atoms with Crippen LogP contribution in [-0.2, 0) is 0 Å². The van der Waals surface area contributed by atoms with Crippen molar-refractivity contribution in [1.29, 1.82) is 5.26 Å². The number of nitriles is 1.